The minimum atomic E-state index is 0.638. The van der Waals surface area contributed by atoms with Gasteiger partial charge in [-0.2, -0.15) is 0 Å². The molecule has 0 aliphatic carbocycles. The van der Waals surface area contributed by atoms with Crippen LogP contribution in [0.2, 0.25) is 0 Å². The summed E-state index contributed by atoms with van der Waals surface area (Å²) in [6, 6.07) is 8.19. The average molecular weight is 245 g/mol. The Kier molecular flexibility index (Phi) is 4.36. The van der Waals surface area contributed by atoms with Crippen molar-refractivity contribution < 1.29 is 4.74 Å². The van der Waals surface area contributed by atoms with Crippen LogP contribution in [0.3, 0.4) is 0 Å². The summed E-state index contributed by atoms with van der Waals surface area (Å²) in [5.41, 5.74) is 4.42. The summed E-state index contributed by atoms with van der Waals surface area (Å²) >= 11 is 0. The second-order valence-corrected chi connectivity index (χ2v) is 4.12. The average Bonchev–Trinajstić information content (AvgIpc) is 2.80. The first-order valence-electron chi connectivity index (χ1n) is 6.19. The second-order valence-electron chi connectivity index (χ2n) is 4.12. The fraction of sp³-hybridized carbons (Fsp3) is 0.357. The molecule has 4 nitrogen and oxygen atoms in total. The molecule has 4 heteroatoms. The van der Waals surface area contributed by atoms with Gasteiger partial charge in [-0.1, -0.05) is 18.2 Å². The van der Waals surface area contributed by atoms with Gasteiger partial charge in [-0.05, 0) is 19.9 Å². The van der Waals surface area contributed by atoms with Gasteiger partial charge in [0, 0.05) is 23.6 Å². The molecule has 0 amide bonds. The lowest BCUT2D eigenvalue weighted by molar-refractivity contribution is 0.134. The molecule has 96 valence electrons. The Labute approximate surface area is 107 Å². The van der Waals surface area contributed by atoms with Crippen molar-refractivity contribution in [2.45, 2.75) is 27.0 Å². The predicted molar refractivity (Wildman–Crippen MR) is 72.4 cm³/mol. The van der Waals surface area contributed by atoms with E-state index in [4.69, 9.17) is 4.74 Å². The van der Waals surface area contributed by atoms with Crippen LogP contribution in [0.15, 0.2) is 30.6 Å². The number of anilines is 1. The maximum atomic E-state index is 5.46. The molecule has 0 aliphatic heterocycles. The fourth-order valence-electron chi connectivity index (χ4n) is 1.77. The van der Waals surface area contributed by atoms with Gasteiger partial charge < -0.3 is 15.0 Å². The molecule has 0 spiro atoms. The van der Waals surface area contributed by atoms with E-state index in [1.807, 2.05) is 26.0 Å². The van der Waals surface area contributed by atoms with Gasteiger partial charge in [0.1, 0.15) is 0 Å². The second kappa shape index (κ2) is 6.21. The first-order chi connectivity index (χ1) is 8.81. The summed E-state index contributed by atoms with van der Waals surface area (Å²) in [5.74, 6) is 0. The largest absolute Gasteiger partial charge is 0.379 e. The number of rotatable bonds is 6. The number of nitrogens with zero attached hydrogens (tertiary/aromatic N) is 1. The molecule has 0 unspecified atom stereocenters. The molecule has 0 saturated heterocycles. The van der Waals surface area contributed by atoms with Crippen LogP contribution in [0.4, 0.5) is 5.69 Å². The van der Waals surface area contributed by atoms with Crippen molar-refractivity contribution in [3.8, 4) is 0 Å². The summed E-state index contributed by atoms with van der Waals surface area (Å²) in [5, 5.41) is 3.40. The van der Waals surface area contributed by atoms with E-state index in [0.717, 1.165) is 30.2 Å². The normalized spacial score (nSPS) is 10.6. The standard InChI is InChI=1S/C14H19N3O/c1-3-18-9-12-6-4-5-7-13(12)15-8-14-11(2)16-10-17-14/h4-7,10,15H,3,8-9H2,1-2H3,(H,16,17). The Morgan fingerprint density at radius 1 is 1.33 bits per heavy atom. The van der Waals surface area contributed by atoms with Gasteiger partial charge in [0.15, 0.2) is 0 Å². The number of imidazole rings is 1. The maximum absolute atomic E-state index is 5.46. The first-order valence-corrected chi connectivity index (χ1v) is 6.19. The maximum Gasteiger partial charge on any atom is 0.0925 e. The Hall–Kier alpha value is -1.81. The van der Waals surface area contributed by atoms with Crippen LogP contribution >= 0.6 is 0 Å². The molecule has 0 bridgehead atoms. The number of para-hydroxylation sites is 1. The Morgan fingerprint density at radius 2 is 2.17 bits per heavy atom. The molecule has 1 aromatic heterocycles. The van der Waals surface area contributed by atoms with Crippen LogP contribution < -0.4 is 5.32 Å². The van der Waals surface area contributed by atoms with Crippen LogP contribution in [0.5, 0.6) is 0 Å². The first kappa shape index (κ1) is 12.6. The van der Waals surface area contributed by atoms with Gasteiger partial charge in [0.05, 0.1) is 25.2 Å². The lowest BCUT2D eigenvalue weighted by atomic mass is 10.2. The number of hydrogen-bond acceptors (Lipinski definition) is 3. The fourth-order valence-corrected chi connectivity index (χ4v) is 1.77. The molecule has 2 aromatic rings. The summed E-state index contributed by atoms with van der Waals surface area (Å²) in [6.07, 6.45) is 1.72. The number of aryl methyl sites for hydroxylation is 1. The minimum absolute atomic E-state index is 0.638. The van der Waals surface area contributed by atoms with E-state index in [1.54, 1.807) is 6.33 Å². The van der Waals surface area contributed by atoms with Crippen LogP contribution in [0.25, 0.3) is 0 Å². The van der Waals surface area contributed by atoms with E-state index in [1.165, 1.54) is 5.56 Å². The monoisotopic (exact) mass is 245 g/mol. The highest BCUT2D eigenvalue weighted by Gasteiger charge is 2.04. The third-order valence-corrected chi connectivity index (χ3v) is 2.86. The van der Waals surface area contributed by atoms with Crippen molar-refractivity contribution in [1.82, 2.24) is 9.97 Å². The van der Waals surface area contributed by atoms with Crippen LogP contribution in [-0.2, 0) is 17.9 Å². The predicted octanol–water partition coefficient (Wildman–Crippen LogP) is 2.87. The number of hydrogen-bond donors (Lipinski definition) is 2. The molecule has 0 saturated carbocycles. The van der Waals surface area contributed by atoms with E-state index < -0.39 is 0 Å². The number of benzene rings is 1. The summed E-state index contributed by atoms with van der Waals surface area (Å²) in [7, 11) is 0. The third kappa shape index (κ3) is 3.11. The van der Waals surface area contributed by atoms with Gasteiger partial charge in [-0.15, -0.1) is 0 Å². The van der Waals surface area contributed by atoms with Gasteiger partial charge in [-0.25, -0.2) is 4.98 Å². The molecule has 2 rings (SSSR count). The zero-order valence-electron chi connectivity index (χ0n) is 10.9. The topological polar surface area (TPSA) is 49.9 Å². The number of aromatic amines is 1. The summed E-state index contributed by atoms with van der Waals surface area (Å²) < 4.78 is 5.46. The zero-order chi connectivity index (χ0) is 12.8. The Balaban J connectivity index is 2.02. The highest BCUT2D eigenvalue weighted by atomic mass is 16.5. The van der Waals surface area contributed by atoms with Crippen molar-refractivity contribution in [2.24, 2.45) is 0 Å². The van der Waals surface area contributed by atoms with Gasteiger partial charge >= 0.3 is 0 Å². The van der Waals surface area contributed by atoms with Crippen molar-refractivity contribution >= 4 is 5.69 Å². The van der Waals surface area contributed by atoms with Gasteiger partial charge in [0.2, 0.25) is 0 Å². The van der Waals surface area contributed by atoms with Crippen molar-refractivity contribution in [2.75, 3.05) is 11.9 Å². The van der Waals surface area contributed by atoms with E-state index >= 15 is 0 Å². The van der Waals surface area contributed by atoms with Crippen molar-refractivity contribution in [3.63, 3.8) is 0 Å². The van der Waals surface area contributed by atoms with E-state index in [9.17, 15) is 0 Å². The van der Waals surface area contributed by atoms with Crippen LogP contribution in [0.1, 0.15) is 23.9 Å². The van der Waals surface area contributed by atoms with Crippen molar-refractivity contribution in [1.29, 1.82) is 0 Å². The Morgan fingerprint density at radius 3 is 2.89 bits per heavy atom. The van der Waals surface area contributed by atoms with Crippen LogP contribution in [-0.4, -0.2) is 16.6 Å². The number of ether oxygens (including phenoxy) is 1. The lowest BCUT2D eigenvalue weighted by Gasteiger charge is -2.11. The molecule has 0 radical (unpaired) electrons. The molecule has 2 N–H and O–H groups in total. The van der Waals surface area contributed by atoms with Crippen molar-refractivity contribution in [3.05, 3.63) is 47.5 Å². The Bertz CT molecular complexity index is 493. The zero-order valence-corrected chi connectivity index (χ0v) is 10.9. The smallest absolute Gasteiger partial charge is 0.0925 e. The molecule has 1 heterocycles. The third-order valence-electron chi connectivity index (χ3n) is 2.86. The minimum Gasteiger partial charge on any atom is -0.379 e. The highest BCUT2D eigenvalue weighted by molar-refractivity contribution is 5.51. The summed E-state index contributed by atoms with van der Waals surface area (Å²) in [6.45, 7) is 6.11. The highest BCUT2D eigenvalue weighted by Crippen LogP contribution is 2.17. The molecule has 1 aromatic carbocycles. The van der Waals surface area contributed by atoms with E-state index in [2.05, 4.69) is 27.4 Å². The quantitative estimate of drug-likeness (QED) is 0.822. The lowest BCUT2D eigenvalue weighted by Crippen LogP contribution is -2.04. The molecule has 18 heavy (non-hydrogen) atoms. The van der Waals surface area contributed by atoms with Gasteiger partial charge in [-0.3, -0.25) is 0 Å². The van der Waals surface area contributed by atoms with E-state index in [-0.39, 0.29) is 0 Å². The van der Waals surface area contributed by atoms with Gasteiger partial charge in [0.25, 0.3) is 0 Å². The number of aromatic nitrogens is 2. The molecule has 0 fully saturated rings. The SMILES string of the molecule is CCOCc1ccccc1NCc1nc[nH]c1C. The summed E-state index contributed by atoms with van der Waals surface area (Å²) in [4.78, 5) is 7.35. The molecule has 0 atom stereocenters. The number of nitrogens with one attached hydrogen (secondary N) is 2. The van der Waals surface area contributed by atoms with Crippen LogP contribution in [0, 0.1) is 6.92 Å². The van der Waals surface area contributed by atoms with E-state index in [0.29, 0.717) is 6.61 Å². The molecular formula is C14H19N3O. The molecule has 0 aliphatic rings. The molecular weight excluding hydrogens is 226 g/mol. The number of H-pyrrole nitrogens is 1.